The molecule has 6 heteroatoms. The Morgan fingerprint density at radius 1 is 1.45 bits per heavy atom. The van der Waals surface area contributed by atoms with E-state index in [2.05, 4.69) is 0 Å². The summed E-state index contributed by atoms with van der Waals surface area (Å²) in [4.78, 5) is 24.8. The van der Waals surface area contributed by atoms with E-state index in [4.69, 9.17) is 4.74 Å². The number of aliphatic carboxylic acids is 1. The van der Waals surface area contributed by atoms with Crippen molar-refractivity contribution in [2.75, 3.05) is 7.11 Å². The summed E-state index contributed by atoms with van der Waals surface area (Å²) >= 11 is 0. The molecule has 3 rings (SSSR count). The largest absolute Gasteiger partial charge is 1.00 e. The monoisotopic (exact) mass is 285 g/mol. The van der Waals surface area contributed by atoms with Gasteiger partial charge in [0.2, 0.25) is 0 Å². The number of amides is 1. The van der Waals surface area contributed by atoms with Crippen LogP contribution in [-0.2, 0) is 14.3 Å². The van der Waals surface area contributed by atoms with Crippen LogP contribution in [-0.4, -0.2) is 36.0 Å². The average molecular weight is 285 g/mol. The first-order chi connectivity index (χ1) is 9.11. The second-order valence-electron chi connectivity index (χ2n) is 5.22. The number of hydrogen-bond acceptors (Lipinski definition) is 4. The predicted molar refractivity (Wildman–Crippen MR) is 64.6 cm³/mol. The summed E-state index contributed by atoms with van der Waals surface area (Å²) in [7, 11) is 1.58. The van der Waals surface area contributed by atoms with Gasteiger partial charge in [-0.25, -0.2) is 0 Å². The fourth-order valence-electron chi connectivity index (χ4n) is 3.73. The number of carboxylic acids is 1. The smallest absolute Gasteiger partial charge is 0.543 e. The Morgan fingerprint density at radius 2 is 2.15 bits per heavy atom. The second-order valence-corrected chi connectivity index (χ2v) is 5.22. The standard InChI is InChI=1S/C14H17NO4.Na/c1-3-7-11-8-5-4-6-9(19-2)10(8)12(14(17)18)15(11)13(7)16;/h3,8-9,11H,4-6H2,1-2H3,(H,17,18);/q;+1/p-1/b7-3+;/t8-,9-,11?;/m1./s1. The molecule has 2 aliphatic heterocycles. The molecule has 3 atom stereocenters. The zero-order chi connectivity index (χ0) is 13.7. The summed E-state index contributed by atoms with van der Waals surface area (Å²) in [6.45, 7) is 1.82. The molecule has 1 saturated carbocycles. The summed E-state index contributed by atoms with van der Waals surface area (Å²) in [5.74, 6) is -1.39. The van der Waals surface area contributed by atoms with Crippen molar-refractivity contribution in [3.8, 4) is 0 Å². The Morgan fingerprint density at radius 3 is 2.70 bits per heavy atom. The van der Waals surface area contributed by atoms with Crippen molar-refractivity contribution < 1.29 is 49.0 Å². The Labute approximate surface area is 139 Å². The van der Waals surface area contributed by atoms with Gasteiger partial charge in [0.25, 0.3) is 5.91 Å². The normalized spacial score (nSPS) is 33.5. The minimum Gasteiger partial charge on any atom is -0.543 e. The SMILES string of the molecule is C/C=C1/C(=O)N2C(C(=O)[O-])=C3[C@@H](CCC[C@H]3OC)C12.[Na+]. The van der Waals surface area contributed by atoms with Crippen LogP contribution in [0.25, 0.3) is 0 Å². The van der Waals surface area contributed by atoms with Crippen LogP contribution in [0, 0.1) is 5.92 Å². The predicted octanol–water partition coefficient (Wildman–Crippen LogP) is -3.02. The third-order valence-corrected chi connectivity index (χ3v) is 4.47. The zero-order valence-electron chi connectivity index (χ0n) is 12.0. The summed E-state index contributed by atoms with van der Waals surface area (Å²) in [6, 6.07) is -0.113. The molecule has 3 aliphatic rings. The van der Waals surface area contributed by atoms with Crippen LogP contribution in [0.4, 0.5) is 0 Å². The molecular formula is C14H16NNaO4. The molecule has 0 bridgehead atoms. The maximum Gasteiger partial charge on any atom is 1.00 e. The molecule has 0 radical (unpaired) electrons. The Kier molecular flexibility index (Phi) is 4.44. The molecule has 1 amide bonds. The molecule has 0 aromatic carbocycles. The van der Waals surface area contributed by atoms with E-state index < -0.39 is 5.97 Å². The number of fused-ring (bicyclic) bond motifs is 3. The molecule has 0 aromatic rings. The van der Waals surface area contributed by atoms with Gasteiger partial charge in [0, 0.05) is 18.6 Å². The van der Waals surface area contributed by atoms with Crippen LogP contribution in [0.15, 0.2) is 22.9 Å². The Balaban J connectivity index is 0.00000147. The van der Waals surface area contributed by atoms with Gasteiger partial charge in [0.1, 0.15) is 0 Å². The topological polar surface area (TPSA) is 69.7 Å². The van der Waals surface area contributed by atoms with Crippen LogP contribution < -0.4 is 34.7 Å². The van der Waals surface area contributed by atoms with Gasteiger partial charge in [-0.15, -0.1) is 0 Å². The van der Waals surface area contributed by atoms with Crippen LogP contribution in [0.2, 0.25) is 0 Å². The molecule has 1 unspecified atom stereocenters. The van der Waals surface area contributed by atoms with E-state index in [9.17, 15) is 14.7 Å². The maximum atomic E-state index is 12.0. The molecule has 2 fully saturated rings. The van der Waals surface area contributed by atoms with Crippen LogP contribution >= 0.6 is 0 Å². The van der Waals surface area contributed by atoms with Gasteiger partial charge in [0.05, 0.1) is 23.8 Å². The van der Waals surface area contributed by atoms with E-state index in [-0.39, 0.29) is 59.2 Å². The fourth-order valence-corrected chi connectivity index (χ4v) is 3.73. The molecule has 5 nitrogen and oxygen atoms in total. The van der Waals surface area contributed by atoms with Crippen molar-refractivity contribution in [3.05, 3.63) is 22.9 Å². The molecule has 20 heavy (non-hydrogen) atoms. The summed E-state index contributed by atoms with van der Waals surface area (Å²) in [5, 5.41) is 11.4. The average Bonchev–Trinajstić information content (AvgIpc) is 2.70. The van der Waals surface area contributed by atoms with Crippen LogP contribution in [0.5, 0.6) is 0 Å². The number of nitrogens with zero attached hydrogens (tertiary/aromatic N) is 1. The van der Waals surface area contributed by atoms with E-state index >= 15 is 0 Å². The number of β-lactam (4-membered cyclic amide) rings is 1. The van der Waals surface area contributed by atoms with Gasteiger partial charge in [-0.1, -0.05) is 6.08 Å². The summed E-state index contributed by atoms with van der Waals surface area (Å²) in [5.41, 5.74) is 1.52. The van der Waals surface area contributed by atoms with Crippen molar-refractivity contribution in [1.29, 1.82) is 0 Å². The fraction of sp³-hybridized carbons (Fsp3) is 0.571. The Hall–Kier alpha value is -0.620. The van der Waals surface area contributed by atoms with Gasteiger partial charge in [-0.3, -0.25) is 9.69 Å². The van der Waals surface area contributed by atoms with Gasteiger partial charge < -0.3 is 14.6 Å². The first kappa shape index (κ1) is 15.8. The van der Waals surface area contributed by atoms with E-state index in [0.717, 1.165) is 30.4 Å². The minimum atomic E-state index is -1.27. The van der Waals surface area contributed by atoms with E-state index in [1.165, 1.54) is 4.90 Å². The van der Waals surface area contributed by atoms with Gasteiger partial charge in [-0.05, 0) is 31.8 Å². The summed E-state index contributed by atoms with van der Waals surface area (Å²) in [6.07, 6.45) is 4.28. The number of carboxylic acid groups (broad SMARTS) is 1. The molecule has 1 aliphatic carbocycles. The zero-order valence-corrected chi connectivity index (χ0v) is 14.0. The molecule has 0 aromatic heterocycles. The first-order valence-electron chi connectivity index (χ1n) is 6.59. The van der Waals surface area contributed by atoms with E-state index in [1.54, 1.807) is 13.2 Å². The first-order valence-corrected chi connectivity index (χ1v) is 6.59. The van der Waals surface area contributed by atoms with Crippen molar-refractivity contribution in [3.63, 3.8) is 0 Å². The van der Waals surface area contributed by atoms with Gasteiger partial charge in [-0.2, -0.15) is 0 Å². The molecular weight excluding hydrogens is 269 g/mol. The van der Waals surface area contributed by atoms with Crippen molar-refractivity contribution in [2.24, 2.45) is 5.92 Å². The number of rotatable bonds is 2. The van der Waals surface area contributed by atoms with Crippen molar-refractivity contribution in [1.82, 2.24) is 4.90 Å². The van der Waals surface area contributed by atoms with Crippen LogP contribution in [0.3, 0.4) is 0 Å². The molecule has 0 N–H and O–H groups in total. The maximum absolute atomic E-state index is 12.0. The summed E-state index contributed by atoms with van der Waals surface area (Å²) < 4.78 is 5.41. The number of carbonyl (C=O) groups excluding carboxylic acids is 2. The number of methoxy groups -OCH3 is 1. The Bertz CT molecular complexity index is 525. The number of ether oxygens (including phenoxy) is 1. The van der Waals surface area contributed by atoms with E-state index in [1.807, 2.05) is 6.92 Å². The molecule has 1 saturated heterocycles. The third kappa shape index (κ3) is 1.91. The molecule has 0 spiro atoms. The second kappa shape index (κ2) is 5.64. The van der Waals surface area contributed by atoms with Crippen molar-refractivity contribution >= 4 is 11.9 Å². The van der Waals surface area contributed by atoms with E-state index in [0.29, 0.717) is 0 Å². The van der Waals surface area contributed by atoms with Crippen molar-refractivity contribution in [2.45, 2.75) is 38.3 Å². The van der Waals surface area contributed by atoms with Gasteiger partial charge >= 0.3 is 29.6 Å². The number of allylic oxidation sites excluding steroid dienone is 1. The number of carbonyl (C=O) groups is 2. The van der Waals surface area contributed by atoms with Gasteiger partial charge in [0.15, 0.2) is 0 Å². The molecule has 2 heterocycles. The third-order valence-electron chi connectivity index (χ3n) is 4.47. The quantitative estimate of drug-likeness (QED) is 0.308. The van der Waals surface area contributed by atoms with Crippen LogP contribution in [0.1, 0.15) is 26.2 Å². The molecule has 102 valence electrons. The number of hydrogen-bond donors (Lipinski definition) is 0. The minimum absolute atomic E-state index is 0.